The van der Waals surface area contributed by atoms with E-state index in [1.807, 2.05) is 0 Å². The summed E-state index contributed by atoms with van der Waals surface area (Å²) in [6.07, 6.45) is 6.33. The van der Waals surface area contributed by atoms with Crippen LogP contribution in [-0.4, -0.2) is 24.8 Å². The number of hydrogen-bond acceptors (Lipinski definition) is 2. The lowest BCUT2D eigenvalue weighted by Gasteiger charge is -2.39. The van der Waals surface area contributed by atoms with Crippen LogP contribution in [-0.2, 0) is 4.74 Å². The van der Waals surface area contributed by atoms with Gasteiger partial charge in [-0.2, -0.15) is 0 Å². The molecule has 1 N–H and O–H groups in total. The molecule has 2 rings (SSSR count). The zero-order valence-corrected chi connectivity index (χ0v) is 12.0. The van der Waals surface area contributed by atoms with E-state index in [9.17, 15) is 0 Å². The topological polar surface area (TPSA) is 21.3 Å². The molecule has 0 amide bonds. The second kappa shape index (κ2) is 4.89. The molecule has 0 bridgehead atoms. The molecule has 1 aliphatic heterocycles. The van der Waals surface area contributed by atoms with Crippen molar-refractivity contribution >= 4 is 0 Å². The van der Waals surface area contributed by atoms with E-state index in [1.54, 1.807) is 0 Å². The largest absolute Gasteiger partial charge is 0.375 e. The smallest absolute Gasteiger partial charge is 0.0666 e. The van der Waals surface area contributed by atoms with Gasteiger partial charge in [0.15, 0.2) is 0 Å². The zero-order chi connectivity index (χ0) is 12.5. The third-order valence-corrected chi connectivity index (χ3v) is 5.20. The first-order chi connectivity index (χ1) is 8.00. The van der Waals surface area contributed by atoms with Gasteiger partial charge < -0.3 is 10.1 Å². The quantitative estimate of drug-likeness (QED) is 0.794. The summed E-state index contributed by atoms with van der Waals surface area (Å²) < 4.78 is 5.90. The average molecular weight is 239 g/mol. The zero-order valence-electron chi connectivity index (χ0n) is 12.0. The van der Waals surface area contributed by atoms with Gasteiger partial charge in [-0.15, -0.1) is 0 Å². The Morgan fingerprint density at radius 3 is 2.59 bits per heavy atom. The molecule has 0 spiro atoms. The highest BCUT2D eigenvalue weighted by Gasteiger charge is 2.45. The normalized spacial score (nSPS) is 36.2. The van der Waals surface area contributed by atoms with Gasteiger partial charge in [-0.05, 0) is 50.4 Å². The predicted molar refractivity (Wildman–Crippen MR) is 72.2 cm³/mol. The molecule has 2 fully saturated rings. The fourth-order valence-electron chi connectivity index (χ4n) is 3.02. The van der Waals surface area contributed by atoms with E-state index in [-0.39, 0.29) is 5.60 Å². The van der Waals surface area contributed by atoms with Gasteiger partial charge in [0.25, 0.3) is 0 Å². The van der Waals surface area contributed by atoms with Crippen molar-refractivity contribution in [3.8, 4) is 0 Å². The molecule has 0 radical (unpaired) electrons. The van der Waals surface area contributed by atoms with Crippen LogP contribution in [0.25, 0.3) is 0 Å². The minimum atomic E-state index is 0.116. The van der Waals surface area contributed by atoms with Gasteiger partial charge in [0, 0.05) is 19.2 Å². The standard InChI is InChI=1S/C15H29NO/c1-5-14(4)10-13(6-9-17-14)16-11-15(7-8-15)12(2)3/h12-13,16H,5-11H2,1-4H3. The predicted octanol–water partition coefficient (Wildman–Crippen LogP) is 3.36. The molecule has 0 aromatic carbocycles. The first-order valence-corrected chi connectivity index (χ1v) is 7.37. The summed E-state index contributed by atoms with van der Waals surface area (Å²) in [5.74, 6) is 0.826. The Morgan fingerprint density at radius 1 is 1.35 bits per heavy atom. The Kier molecular flexibility index (Phi) is 3.84. The van der Waals surface area contributed by atoms with Gasteiger partial charge in [-0.1, -0.05) is 20.8 Å². The van der Waals surface area contributed by atoms with Crippen LogP contribution in [0.2, 0.25) is 0 Å². The molecular weight excluding hydrogens is 210 g/mol. The van der Waals surface area contributed by atoms with Gasteiger partial charge in [0.1, 0.15) is 0 Å². The van der Waals surface area contributed by atoms with Crippen LogP contribution in [0.4, 0.5) is 0 Å². The molecule has 0 aromatic rings. The summed E-state index contributed by atoms with van der Waals surface area (Å²) in [7, 11) is 0. The molecule has 1 heterocycles. The second-order valence-electron chi connectivity index (χ2n) is 6.74. The van der Waals surface area contributed by atoms with Gasteiger partial charge in [0.2, 0.25) is 0 Å². The third kappa shape index (κ3) is 3.03. The summed E-state index contributed by atoms with van der Waals surface area (Å²) in [5.41, 5.74) is 0.741. The minimum absolute atomic E-state index is 0.116. The molecule has 0 aromatic heterocycles. The highest BCUT2D eigenvalue weighted by atomic mass is 16.5. The third-order valence-electron chi connectivity index (χ3n) is 5.20. The summed E-state index contributed by atoms with van der Waals surface area (Å²) in [5, 5.41) is 3.82. The van der Waals surface area contributed by atoms with Crippen molar-refractivity contribution in [3.05, 3.63) is 0 Å². The maximum absolute atomic E-state index is 5.90. The van der Waals surface area contributed by atoms with Crippen LogP contribution in [0.1, 0.15) is 59.8 Å². The van der Waals surface area contributed by atoms with E-state index in [1.165, 1.54) is 32.2 Å². The van der Waals surface area contributed by atoms with E-state index in [2.05, 4.69) is 33.0 Å². The monoisotopic (exact) mass is 239 g/mol. The lowest BCUT2D eigenvalue weighted by molar-refractivity contribution is -0.0785. The van der Waals surface area contributed by atoms with Crippen molar-refractivity contribution < 1.29 is 4.74 Å². The molecule has 1 saturated carbocycles. The highest BCUT2D eigenvalue weighted by molar-refractivity contribution is 4.98. The maximum Gasteiger partial charge on any atom is 0.0666 e. The Balaban J connectivity index is 1.80. The molecule has 2 unspecified atom stereocenters. The first kappa shape index (κ1) is 13.4. The van der Waals surface area contributed by atoms with Crippen LogP contribution in [0.3, 0.4) is 0 Å². The lowest BCUT2D eigenvalue weighted by atomic mass is 9.88. The molecule has 17 heavy (non-hydrogen) atoms. The average Bonchev–Trinajstić information content (AvgIpc) is 3.08. The lowest BCUT2D eigenvalue weighted by Crippen LogP contribution is -2.46. The summed E-state index contributed by atoms with van der Waals surface area (Å²) in [6.45, 7) is 11.4. The second-order valence-corrected chi connectivity index (χ2v) is 6.74. The molecule has 2 aliphatic rings. The number of hydrogen-bond donors (Lipinski definition) is 1. The van der Waals surface area contributed by atoms with Crippen molar-refractivity contribution in [2.24, 2.45) is 11.3 Å². The fourth-order valence-corrected chi connectivity index (χ4v) is 3.02. The Morgan fingerprint density at radius 2 is 2.06 bits per heavy atom. The first-order valence-electron chi connectivity index (χ1n) is 7.37. The van der Waals surface area contributed by atoms with Crippen LogP contribution in [0.5, 0.6) is 0 Å². The molecular formula is C15H29NO. The van der Waals surface area contributed by atoms with Gasteiger partial charge in [-0.3, -0.25) is 0 Å². The summed E-state index contributed by atoms with van der Waals surface area (Å²) in [6, 6.07) is 0.671. The maximum atomic E-state index is 5.90. The molecule has 100 valence electrons. The van der Waals surface area contributed by atoms with Crippen LogP contribution >= 0.6 is 0 Å². The van der Waals surface area contributed by atoms with Crippen LogP contribution in [0, 0.1) is 11.3 Å². The van der Waals surface area contributed by atoms with Gasteiger partial charge in [0.05, 0.1) is 5.60 Å². The van der Waals surface area contributed by atoms with E-state index in [4.69, 9.17) is 4.74 Å². The van der Waals surface area contributed by atoms with Crippen molar-refractivity contribution in [1.29, 1.82) is 0 Å². The molecule has 1 saturated heterocycles. The van der Waals surface area contributed by atoms with Crippen molar-refractivity contribution in [3.63, 3.8) is 0 Å². The van der Waals surface area contributed by atoms with E-state index >= 15 is 0 Å². The Labute approximate surface area is 107 Å². The number of nitrogens with one attached hydrogen (secondary N) is 1. The minimum Gasteiger partial charge on any atom is -0.375 e. The Hall–Kier alpha value is -0.0800. The van der Waals surface area contributed by atoms with E-state index in [0.29, 0.717) is 11.5 Å². The summed E-state index contributed by atoms with van der Waals surface area (Å²) in [4.78, 5) is 0. The molecule has 2 atom stereocenters. The molecule has 2 heteroatoms. The van der Waals surface area contributed by atoms with Crippen LogP contribution in [0.15, 0.2) is 0 Å². The molecule has 1 aliphatic carbocycles. The molecule has 2 nitrogen and oxygen atoms in total. The number of ether oxygens (including phenoxy) is 1. The van der Waals surface area contributed by atoms with Crippen molar-refractivity contribution in [1.82, 2.24) is 5.32 Å². The Bertz CT molecular complexity index is 260. The number of rotatable bonds is 5. The SMILES string of the molecule is CCC1(C)CC(NCC2(C(C)C)CC2)CCO1. The van der Waals surface area contributed by atoms with Crippen molar-refractivity contribution in [2.45, 2.75) is 71.4 Å². The van der Waals surface area contributed by atoms with E-state index < -0.39 is 0 Å². The van der Waals surface area contributed by atoms with Gasteiger partial charge >= 0.3 is 0 Å². The van der Waals surface area contributed by atoms with Gasteiger partial charge in [-0.25, -0.2) is 0 Å². The summed E-state index contributed by atoms with van der Waals surface area (Å²) >= 11 is 0. The van der Waals surface area contributed by atoms with Crippen molar-refractivity contribution in [2.75, 3.05) is 13.2 Å². The van der Waals surface area contributed by atoms with Crippen LogP contribution < -0.4 is 5.32 Å². The highest BCUT2D eigenvalue weighted by Crippen LogP contribution is 2.51. The van der Waals surface area contributed by atoms with E-state index in [0.717, 1.165) is 18.9 Å². The fraction of sp³-hybridized carbons (Fsp3) is 1.00.